The summed E-state index contributed by atoms with van der Waals surface area (Å²) >= 11 is 0. The van der Waals surface area contributed by atoms with E-state index in [1.54, 1.807) is 18.2 Å². The van der Waals surface area contributed by atoms with E-state index in [9.17, 15) is 8.42 Å². The molecule has 2 heterocycles. The maximum Gasteiger partial charge on any atom is 0.240 e. The molecule has 2 aliphatic heterocycles. The van der Waals surface area contributed by atoms with Crippen molar-refractivity contribution < 1.29 is 13.2 Å². The van der Waals surface area contributed by atoms with Crippen LogP contribution in [0.2, 0.25) is 0 Å². The van der Waals surface area contributed by atoms with Gasteiger partial charge < -0.3 is 10.1 Å². The average molecular weight is 282 g/mol. The molecule has 0 amide bonds. The molecule has 2 aliphatic rings. The molecule has 5 nitrogen and oxygen atoms in total. The molecule has 19 heavy (non-hydrogen) atoms. The lowest BCUT2D eigenvalue weighted by Gasteiger charge is -2.18. The van der Waals surface area contributed by atoms with Crippen molar-refractivity contribution in [3.63, 3.8) is 0 Å². The standard InChI is InChI=1S/C13H18N2O3S/c16-19(17,15-11-5-6-14-9-11)12-3-4-13-10(8-12)2-1-7-18-13/h3-4,8,11,14-15H,1-2,5-7,9H2. The fraction of sp³-hybridized carbons (Fsp3) is 0.538. The van der Waals surface area contributed by atoms with Crippen LogP contribution in [0, 0.1) is 0 Å². The van der Waals surface area contributed by atoms with Crippen molar-refractivity contribution in [3.8, 4) is 5.75 Å². The largest absolute Gasteiger partial charge is 0.493 e. The zero-order valence-electron chi connectivity index (χ0n) is 10.7. The molecule has 0 aromatic heterocycles. The van der Waals surface area contributed by atoms with Crippen molar-refractivity contribution in [2.24, 2.45) is 0 Å². The molecule has 3 rings (SSSR count). The normalized spacial score (nSPS) is 22.8. The number of benzene rings is 1. The van der Waals surface area contributed by atoms with Crippen LogP contribution < -0.4 is 14.8 Å². The van der Waals surface area contributed by atoms with E-state index < -0.39 is 10.0 Å². The van der Waals surface area contributed by atoms with Crippen molar-refractivity contribution in [2.45, 2.75) is 30.2 Å². The van der Waals surface area contributed by atoms with E-state index in [1.807, 2.05) is 0 Å². The molecular formula is C13H18N2O3S. The van der Waals surface area contributed by atoms with Crippen molar-refractivity contribution in [1.29, 1.82) is 0 Å². The highest BCUT2D eigenvalue weighted by Gasteiger charge is 2.23. The number of sulfonamides is 1. The Balaban J connectivity index is 1.84. The van der Waals surface area contributed by atoms with Crippen LogP contribution >= 0.6 is 0 Å². The van der Waals surface area contributed by atoms with Crippen molar-refractivity contribution >= 4 is 10.0 Å². The fourth-order valence-corrected chi connectivity index (χ4v) is 3.87. The monoisotopic (exact) mass is 282 g/mol. The Morgan fingerprint density at radius 2 is 2.26 bits per heavy atom. The summed E-state index contributed by atoms with van der Waals surface area (Å²) in [4.78, 5) is 0.337. The Hall–Kier alpha value is -1.11. The first kappa shape index (κ1) is 12.9. The predicted molar refractivity (Wildman–Crippen MR) is 71.9 cm³/mol. The molecule has 1 aromatic rings. The second-order valence-electron chi connectivity index (χ2n) is 5.03. The van der Waals surface area contributed by atoms with Crippen LogP contribution in [0.3, 0.4) is 0 Å². The number of aryl methyl sites for hydroxylation is 1. The first-order chi connectivity index (χ1) is 9.15. The molecular weight excluding hydrogens is 264 g/mol. The summed E-state index contributed by atoms with van der Waals surface area (Å²) < 4.78 is 32.8. The number of fused-ring (bicyclic) bond motifs is 1. The van der Waals surface area contributed by atoms with Gasteiger partial charge in [-0.3, -0.25) is 0 Å². The fourth-order valence-electron chi connectivity index (χ4n) is 2.55. The molecule has 0 spiro atoms. The Labute approximate surface area is 113 Å². The van der Waals surface area contributed by atoms with E-state index in [4.69, 9.17) is 4.74 Å². The second kappa shape index (κ2) is 5.11. The molecule has 104 valence electrons. The van der Waals surface area contributed by atoms with Crippen molar-refractivity contribution in [2.75, 3.05) is 19.7 Å². The van der Waals surface area contributed by atoms with Gasteiger partial charge in [-0.05, 0) is 49.6 Å². The van der Waals surface area contributed by atoms with E-state index in [0.717, 1.165) is 37.1 Å². The molecule has 0 bridgehead atoms. The van der Waals surface area contributed by atoms with Gasteiger partial charge in [-0.2, -0.15) is 0 Å². The lowest BCUT2D eigenvalue weighted by molar-refractivity contribution is 0.288. The van der Waals surface area contributed by atoms with Gasteiger partial charge in [-0.25, -0.2) is 13.1 Å². The van der Waals surface area contributed by atoms with Gasteiger partial charge in [0.2, 0.25) is 10.0 Å². The van der Waals surface area contributed by atoms with Gasteiger partial charge in [0.05, 0.1) is 11.5 Å². The van der Waals surface area contributed by atoms with E-state index in [-0.39, 0.29) is 6.04 Å². The van der Waals surface area contributed by atoms with Crippen LogP contribution in [-0.2, 0) is 16.4 Å². The summed E-state index contributed by atoms with van der Waals surface area (Å²) in [5.74, 6) is 0.813. The molecule has 1 atom stereocenters. The van der Waals surface area contributed by atoms with Gasteiger partial charge in [0.25, 0.3) is 0 Å². The Kier molecular flexibility index (Phi) is 3.47. The number of hydrogen-bond acceptors (Lipinski definition) is 4. The van der Waals surface area contributed by atoms with Gasteiger partial charge in [0.15, 0.2) is 0 Å². The van der Waals surface area contributed by atoms with Gasteiger partial charge in [0.1, 0.15) is 5.75 Å². The lowest BCUT2D eigenvalue weighted by atomic mass is 10.1. The molecule has 1 fully saturated rings. The average Bonchev–Trinajstić information content (AvgIpc) is 2.90. The van der Waals surface area contributed by atoms with Crippen LogP contribution in [0.15, 0.2) is 23.1 Å². The third-order valence-corrected chi connectivity index (χ3v) is 5.09. The molecule has 1 aromatic carbocycles. The number of nitrogens with one attached hydrogen (secondary N) is 2. The number of hydrogen-bond donors (Lipinski definition) is 2. The molecule has 6 heteroatoms. The van der Waals surface area contributed by atoms with Crippen LogP contribution in [0.25, 0.3) is 0 Å². The maximum absolute atomic E-state index is 12.3. The molecule has 0 radical (unpaired) electrons. The van der Waals surface area contributed by atoms with E-state index >= 15 is 0 Å². The van der Waals surface area contributed by atoms with Gasteiger partial charge in [-0.1, -0.05) is 0 Å². The predicted octanol–water partition coefficient (Wildman–Crippen LogP) is 0.652. The highest BCUT2D eigenvalue weighted by atomic mass is 32.2. The molecule has 0 saturated carbocycles. The summed E-state index contributed by atoms with van der Waals surface area (Å²) in [6, 6.07) is 5.11. The van der Waals surface area contributed by atoms with Crippen molar-refractivity contribution in [1.82, 2.24) is 10.0 Å². The van der Waals surface area contributed by atoms with Gasteiger partial charge >= 0.3 is 0 Å². The van der Waals surface area contributed by atoms with Gasteiger partial charge in [0, 0.05) is 12.6 Å². The topological polar surface area (TPSA) is 67.4 Å². The van der Waals surface area contributed by atoms with Gasteiger partial charge in [-0.15, -0.1) is 0 Å². The molecule has 1 unspecified atom stereocenters. The second-order valence-corrected chi connectivity index (χ2v) is 6.75. The SMILES string of the molecule is O=S(=O)(NC1CCNC1)c1ccc2c(c1)CCCO2. The first-order valence-corrected chi connectivity index (χ1v) is 8.12. The smallest absolute Gasteiger partial charge is 0.240 e. The highest BCUT2D eigenvalue weighted by Crippen LogP contribution is 2.27. The Morgan fingerprint density at radius 1 is 1.37 bits per heavy atom. The Morgan fingerprint density at radius 3 is 3.05 bits per heavy atom. The molecule has 2 N–H and O–H groups in total. The van der Waals surface area contributed by atoms with Crippen LogP contribution in [0.5, 0.6) is 5.75 Å². The van der Waals surface area contributed by atoms with Crippen LogP contribution in [0.1, 0.15) is 18.4 Å². The number of rotatable bonds is 3. The first-order valence-electron chi connectivity index (χ1n) is 6.64. The zero-order valence-corrected chi connectivity index (χ0v) is 11.5. The maximum atomic E-state index is 12.3. The van der Waals surface area contributed by atoms with E-state index in [2.05, 4.69) is 10.0 Å². The van der Waals surface area contributed by atoms with E-state index in [1.165, 1.54) is 0 Å². The van der Waals surface area contributed by atoms with Crippen LogP contribution in [0.4, 0.5) is 0 Å². The third kappa shape index (κ3) is 2.75. The van der Waals surface area contributed by atoms with Crippen molar-refractivity contribution in [3.05, 3.63) is 23.8 Å². The summed E-state index contributed by atoms with van der Waals surface area (Å²) in [6.07, 6.45) is 2.66. The molecule has 0 aliphatic carbocycles. The number of ether oxygens (including phenoxy) is 1. The summed E-state index contributed by atoms with van der Waals surface area (Å²) in [5, 5.41) is 3.15. The minimum absolute atomic E-state index is 0.00252. The summed E-state index contributed by atoms with van der Waals surface area (Å²) in [7, 11) is -3.42. The minimum Gasteiger partial charge on any atom is -0.493 e. The molecule has 1 saturated heterocycles. The summed E-state index contributed by atoms with van der Waals surface area (Å²) in [6.45, 7) is 2.28. The third-order valence-electron chi connectivity index (χ3n) is 3.57. The lowest BCUT2D eigenvalue weighted by Crippen LogP contribution is -2.36. The van der Waals surface area contributed by atoms with Crippen LogP contribution in [-0.4, -0.2) is 34.2 Å². The quantitative estimate of drug-likeness (QED) is 0.854. The zero-order chi connectivity index (χ0) is 13.3. The van der Waals surface area contributed by atoms with E-state index in [0.29, 0.717) is 18.0 Å². The minimum atomic E-state index is -3.42. The highest BCUT2D eigenvalue weighted by molar-refractivity contribution is 7.89. The Bertz CT molecular complexity index is 565. The summed E-state index contributed by atoms with van der Waals surface area (Å²) in [5.41, 5.74) is 0.985.